The summed E-state index contributed by atoms with van der Waals surface area (Å²) < 4.78 is 6.25. The Balaban J connectivity index is 3.57. The van der Waals surface area contributed by atoms with Crippen molar-refractivity contribution in [1.82, 2.24) is 25.5 Å². The Bertz CT molecular complexity index is 1040. The Hall–Kier alpha value is -0.720. The fraction of sp³-hybridized carbons (Fsp3) is 1.00. The van der Waals surface area contributed by atoms with E-state index in [0.29, 0.717) is 32.4 Å². The number of nitrogens with two attached hydrogens (primary N) is 4. The molecule has 0 spiro atoms. The SMILES string of the molecule is CNCCN(CC(O)CC(C)(C)N)OC(CC(C)(C)N)C(NCCO)C(C(O)CC(C)(C)N)N(CCO)CCOC(CO)N(CCO)CC(O)CC1(N)CCCCC1. The number of nitrogens with one attached hydrogen (secondary N) is 2. The van der Waals surface area contributed by atoms with Gasteiger partial charge in [-0.25, -0.2) is 0 Å². The molecule has 0 aromatic rings. The van der Waals surface area contributed by atoms with E-state index in [0.717, 1.165) is 32.1 Å². The van der Waals surface area contributed by atoms with Gasteiger partial charge in [-0.1, -0.05) is 19.3 Å². The lowest BCUT2D eigenvalue weighted by Gasteiger charge is -2.46. The molecule has 1 fully saturated rings. The van der Waals surface area contributed by atoms with E-state index in [4.69, 9.17) is 32.5 Å². The van der Waals surface area contributed by atoms with Gasteiger partial charge in [0.1, 0.15) is 6.23 Å². The highest BCUT2D eigenvalue weighted by atomic mass is 16.7. The summed E-state index contributed by atoms with van der Waals surface area (Å²) in [4.78, 5) is 10.4. The van der Waals surface area contributed by atoms with Gasteiger partial charge in [-0.05, 0) is 87.1 Å². The molecule has 7 atom stereocenters. The number of aliphatic hydroxyl groups excluding tert-OH is 7. The smallest absolute Gasteiger partial charge is 0.134 e. The van der Waals surface area contributed by atoms with Crippen molar-refractivity contribution in [1.29, 1.82) is 0 Å². The zero-order valence-corrected chi connectivity index (χ0v) is 37.2. The molecule has 1 aliphatic rings. The van der Waals surface area contributed by atoms with Gasteiger partial charge in [0.05, 0.1) is 76.1 Å². The Morgan fingerprint density at radius 1 is 0.707 bits per heavy atom. The molecule has 18 nitrogen and oxygen atoms in total. The number of hydrogen-bond acceptors (Lipinski definition) is 18. The Morgan fingerprint density at radius 3 is 1.81 bits per heavy atom. The van der Waals surface area contributed by atoms with Crippen LogP contribution in [0.3, 0.4) is 0 Å². The number of ether oxygens (including phenoxy) is 1. The van der Waals surface area contributed by atoms with E-state index in [1.165, 1.54) is 0 Å². The molecular formula is C40H89N9O9. The monoisotopic (exact) mass is 840 g/mol. The van der Waals surface area contributed by atoms with Crippen molar-refractivity contribution in [3.05, 3.63) is 0 Å². The van der Waals surface area contributed by atoms with Crippen molar-refractivity contribution in [3.8, 4) is 0 Å². The zero-order valence-electron chi connectivity index (χ0n) is 37.2. The molecule has 1 aliphatic carbocycles. The first-order valence-electron chi connectivity index (χ1n) is 21.5. The standard InChI is InChI=1S/C40H89N9O9/c1-37(2,41)23-30(54)28-49(15-13-45-7)58-33(26-39(5,6)43)35(46-14-19-50)36(32(56)25-38(3,4)42)47(16-20-51)18-22-57-34(29-53)48(17-21-52)27-31(55)24-40(44)11-9-8-10-12-40/h30-36,45-46,50-56H,8-29,41-44H2,1-7H3. The fourth-order valence-electron chi connectivity index (χ4n) is 8.21. The molecule has 0 aliphatic heterocycles. The minimum atomic E-state index is -1.08. The number of nitrogens with zero attached hydrogens (tertiary/aromatic N) is 3. The van der Waals surface area contributed by atoms with Gasteiger partial charge in [-0.3, -0.25) is 14.6 Å². The molecule has 0 amide bonds. The van der Waals surface area contributed by atoms with E-state index in [9.17, 15) is 35.7 Å². The van der Waals surface area contributed by atoms with Crippen molar-refractivity contribution in [3.63, 3.8) is 0 Å². The molecule has 17 N–H and O–H groups in total. The molecule has 7 unspecified atom stereocenters. The molecule has 0 heterocycles. The van der Waals surface area contributed by atoms with Gasteiger partial charge >= 0.3 is 0 Å². The minimum absolute atomic E-state index is 0.0370. The lowest BCUT2D eigenvalue weighted by Crippen LogP contribution is -2.65. The van der Waals surface area contributed by atoms with E-state index in [1.54, 1.807) is 9.96 Å². The Kier molecular flexibility index (Phi) is 26.1. The summed E-state index contributed by atoms with van der Waals surface area (Å²) in [7, 11) is 1.82. The molecule has 1 rings (SSSR count). The lowest BCUT2D eigenvalue weighted by molar-refractivity contribution is -0.227. The van der Waals surface area contributed by atoms with Gasteiger partial charge in [-0.15, -0.1) is 0 Å². The number of hydrogen-bond donors (Lipinski definition) is 13. The van der Waals surface area contributed by atoms with Crippen LogP contribution in [0.25, 0.3) is 0 Å². The summed E-state index contributed by atoms with van der Waals surface area (Å²) in [5, 5.41) is 83.5. The molecule has 348 valence electrons. The Labute approximate surface area is 349 Å². The zero-order chi connectivity index (χ0) is 44.2. The van der Waals surface area contributed by atoms with Crippen LogP contribution in [0.2, 0.25) is 0 Å². The van der Waals surface area contributed by atoms with Crippen LogP contribution in [0.15, 0.2) is 0 Å². The van der Waals surface area contributed by atoms with Crippen LogP contribution in [-0.2, 0) is 9.57 Å². The second-order valence-electron chi connectivity index (χ2n) is 18.9. The summed E-state index contributed by atoms with van der Waals surface area (Å²) in [6.45, 7) is 11.8. The summed E-state index contributed by atoms with van der Waals surface area (Å²) in [5.74, 6) is 0. The van der Waals surface area contributed by atoms with Crippen LogP contribution >= 0.6 is 0 Å². The third kappa shape index (κ3) is 23.5. The highest BCUT2D eigenvalue weighted by Gasteiger charge is 2.42. The number of rotatable bonds is 34. The summed E-state index contributed by atoms with van der Waals surface area (Å²) >= 11 is 0. The molecule has 0 aromatic heterocycles. The number of likely N-dealkylation sites (N-methyl/N-ethyl adjacent to an activating group) is 1. The average Bonchev–Trinajstić information content (AvgIpc) is 3.08. The summed E-state index contributed by atoms with van der Waals surface area (Å²) in [6.07, 6.45) is 1.72. The van der Waals surface area contributed by atoms with E-state index in [-0.39, 0.29) is 72.1 Å². The first-order valence-corrected chi connectivity index (χ1v) is 21.5. The molecular weight excluding hydrogens is 750 g/mol. The van der Waals surface area contributed by atoms with Crippen LogP contribution in [-0.4, -0.2) is 208 Å². The van der Waals surface area contributed by atoms with Gasteiger partial charge in [0.2, 0.25) is 0 Å². The molecule has 0 aromatic carbocycles. The molecule has 58 heavy (non-hydrogen) atoms. The van der Waals surface area contributed by atoms with E-state index in [1.807, 2.05) is 53.5 Å². The van der Waals surface area contributed by atoms with Crippen molar-refractivity contribution in [2.45, 2.75) is 164 Å². The van der Waals surface area contributed by atoms with E-state index < -0.39 is 71.5 Å². The van der Waals surface area contributed by atoms with Gasteiger partial charge in [0.15, 0.2) is 0 Å². The fourth-order valence-corrected chi connectivity index (χ4v) is 8.21. The van der Waals surface area contributed by atoms with Crippen LogP contribution in [0.4, 0.5) is 0 Å². The van der Waals surface area contributed by atoms with Crippen molar-refractivity contribution in [2.24, 2.45) is 22.9 Å². The number of hydroxylamine groups is 2. The first-order chi connectivity index (χ1) is 27.0. The third-order valence-corrected chi connectivity index (χ3v) is 10.6. The number of aliphatic hydroxyl groups is 7. The highest BCUT2D eigenvalue weighted by Crippen LogP contribution is 2.30. The highest BCUT2D eigenvalue weighted by molar-refractivity contribution is 4.99. The molecule has 1 saturated carbocycles. The largest absolute Gasteiger partial charge is 0.395 e. The van der Waals surface area contributed by atoms with Crippen LogP contribution in [0, 0.1) is 0 Å². The maximum absolute atomic E-state index is 12.1. The average molecular weight is 840 g/mol. The third-order valence-electron chi connectivity index (χ3n) is 10.6. The second-order valence-corrected chi connectivity index (χ2v) is 18.9. The van der Waals surface area contributed by atoms with Crippen molar-refractivity contribution in [2.75, 3.05) is 92.4 Å². The van der Waals surface area contributed by atoms with Crippen LogP contribution in [0.1, 0.15) is 99.3 Å². The van der Waals surface area contributed by atoms with Crippen LogP contribution in [0.5, 0.6) is 0 Å². The van der Waals surface area contributed by atoms with Crippen molar-refractivity contribution < 1.29 is 45.3 Å². The quantitative estimate of drug-likeness (QED) is 0.0237. The van der Waals surface area contributed by atoms with Gasteiger partial charge in [0.25, 0.3) is 0 Å². The van der Waals surface area contributed by atoms with Gasteiger partial charge in [0, 0.05) is 68.0 Å². The minimum Gasteiger partial charge on any atom is -0.395 e. The van der Waals surface area contributed by atoms with Gasteiger partial charge < -0.3 is 74.1 Å². The van der Waals surface area contributed by atoms with Gasteiger partial charge in [-0.2, -0.15) is 5.06 Å². The molecule has 0 bridgehead atoms. The predicted octanol–water partition coefficient (Wildman–Crippen LogP) is -2.43. The summed E-state index contributed by atoms with van der Waals surface area (Å²) in [5.41, 5.74) is 23.4. The normalized spacial score (nSPS) is 19.4. The second kappa shape index (κ2) is 27.4. The molecule has 0 radical (unpaired) electrons. The maximum Gasteiger partial charge on any atom is 0.134 e. The Morgan fingerprint density at radius 2 is 1.29 bits per heavy atom. The van der Waals surface area contributed by atoms with E-state index in [2.05, 4.69) is 10.6 Å². The van der Waals surface area contributed by atoms with Crippen LogP contribution < -0.4 is 33.6 Å². The summed E-state index contributed by atoms with van der Waals surface area (Å²) in [6, 6.07) is -1.49. The topological polar surface area (TPSA) is 298 Å². The lowest BCUT2D eigenvalue weighted by atomic mass is 9.79. The van der Waals surface area contributed by atoms with E-state index >= 15 is 0 Å². The van der Waals surface area contributed by atoms with Crippen molar-refractivity contribution >= 4 is 0 Å². The predicted molar refractivity (Wildman–Crippen MR) is 228 cm³/mol. The maximum atomic E-state index is 12.1. The molecule has 0 saturated heterocycles. The molecule has 18 heteroatoms. The first kappa shape index (κ1) is 55.3.